The summed E-state index contributed by atoms with van der Waals surface area (Å²) in [5.41, 5.74) is 2.80. The largest absolute Gasteiger partial charge is 0.476 e. The molecule has 0 saturated carbocycles. The fourth-order valence-corrected chi connectivity index (χ4v) is 3.30. The van der Waals surface area contributed by atoms with E-state index in [4.69, 9.17) is 9.52 Å². The number of nitrogens with zero attached hydrogens (tertiary/aromatic N) is 5. The molecule has 3 aromatic rings. The highest BCUT2D eigenvalue weighted by Crippen LogP contribution is 2.27. The zero-order valence-electron chi connectivity index (χ0n) is 13.9. The number of rotatable bonds is 4. The molecule has 0 radical (unpaired) electrons. The van der Waals surface area contributed by atoms with Gasteiger partial charge in [0, 0.05) is 19.6 Å². The van der Waals surface area contributed by atoms with Crippen LogP contribution in [-0.4, -0.2) is 44.1 Å². The second-order valence-electron chi connectivity index (χ2n) is 6.55. The number of anilines is 1. The first-order valence-electron chi connectivity index (χ1n) is 8.34. The zero-order chi connectivity index (χ0) is 17.4. The summed E-state index contributed by atoms with van der Waals surface area (Å²) in [4.78, 5) is 17.7. The molecule has 25 heavy (non-hydrogen) atoms. The van der Waals surface area contributed by atoms with Crippen LogP contribution in [-0.2, 0) is 6.54 Å². The minimum Gasteiger partial charge on any atom is -0.476 e. The minimum absolute atomic E-state index is 0.0259. The normalized spacial score (nSPS) is 18.0. The molecule has 2 aromatic heterocycles. The number of carbonyl (C=O) groups is 1. The van der Waals surface area contributed by atoms with Gasteiger partial charge in [0.2, 0.25) is 0 Å². The van der Waals surface area contributed by atoms with Crippen molar-refractivity contribution >= 4 is 23.1 Å². The lowest BCUT2D eigenvalue weighted by Crippen LogP contribution is -2.37. The molecule has 1 N–H and O–H groups in total. The Morgan fingerprint density at radius 2 is 2.32 bits per heavy atom. The van der Waals surface area contributed by atoms with E-state index in [0.717, 1.165) is 42.6 Å². The van der Waals surface area contributed by atoms with Crippen molar-refractivity contribution in [3.63, 3.8) is 0 Å². The van der Waals surface area contributed by atoms with E-state index in [2.05, 4.69) is 20.2 Å². The third kappa shape index (κ3) is 3.19. The zero-order valence-corrected chi connectivity index (χ0v) is 13.9. The number of aryl methyl sites for hydroxylation is 1. The van der Waals surface area contributed by atoms with Crippen LogP contribution in [0.4, 0.5) is 6.01 Å². The van der Waals surface area contributed by atoms with Crippen LogP contribution in [0.5, 0.6) is 0 Å². The van der Waals surface area contributed by atoms with Gasteiger partial charge in [-0.3, -0.25) is 4.68 Å². The molecule has 8 nitrogen and oxygen atoms in total. The average molecular weight is 341 g/mol. The van der Waals surface area contributed by atoms with Gasteiger partial charge in [0.25, 0.3) is 6.01 Å². The third-order valence-electron chi connectivity index (χ3n) is 4.52. The highest BCUT2D eigenvalue weighted by atomic mass is 16.4. The summed E-state index contributed by atoms with van der Waals surface area (Å²) in [5.74, 6) is -0.716. The monoisotopic (exact) mass is 341 g/mol. The highest BCUT2D eigenvalue weighted by Gasteiger charge is 2.24. The van der Waals surface area contributed by atoms with E-state index < -0.39 is 5.97 Å². The van der Waals surface area contributed by atoms with Crippen LogP contribution < -0.4 is 4.90 Å². The molecule has 3 heterocycles. The number of hydrogen-bond acceptors (Lipinski definition) is 6. The van der Waals surface area contributed by atoms with Crippen LogP contribution in [0.15, 0.2) is 28.8 Å². The number of hydrogen-bond donors (Lipinski definition) is 1. The maximum Gasteiger partial charge on any atom is 0.358 e. The number of carboxylic acids is 1. The first kappa shape index (κ1) is 15.6. The molecule has 0 bridgehead atoms. The van der Waals surface area contributed by atoms with Gasteiger partial charge in [0.15, 0.2) is 11.3 Å². The Morgan fingerprint density at radius 1 is 1.44 bits per heavy atom. The summed E-state index contributed by atoms with van der Waals surface area (Å²) in [6, 6.07) is 6.63. The standard InChI is InChI=1S/C17H19N5O3/c1-11-4-5-15-13(7-11)18-17(25-15)21-6-2-3-12(8-21)9-22-10-14(16(23)24)19-20-22/h4-5,7,10,12H,2-3,6,8-9H2,1H3,(H,23,24)/t12-/m0/s1. The van der Waals surface area contributed by atoms with Crippen molar-refractivity contribution in [1.29, 1.82) is 0 Å². The number of benzene rings is 1. The Balaban J connectivity index is 1.48. The minimum atomic E-state index is -1.06. The number of oxazole rings is 1. The molecule has 130 valence electrons. The van der Waals surface area contributed by atoms with Crippen molar-refractivity contribution < 1.29 is 14.3 Å². The number of carboxylic acid groups (broad SMARTS) is 1. The van der Waals surface area contributed by atoms with E-state index in [9.17, 15) is 4.79 Å². The molecule has 1 saturated heterocycles. The molecule has 4 rings (SSSR count). The van der Waals surface area contributed by atoms with E-state index in [1.54, 1.807) is 4.68 Å². The highest BCUT2D eigenvalue weighted by molar-refractivity contribution is 5.84. The van der Waals surface area contributed by atoms with Gasteiger partial charge in [-0.25, -0.2) is 4.79 Å². The molecule has 8 heteroatoms. The predicted molar refractivity (Wildman–Crippen MR) is 90.7 cm³/mol. The van der Waals surface area contributed by atoms with Gasteiger partial charge >= 0.3 is 5.97 Å². The van der Waals surface area contributed by atoms with Gasteiger partial charge < -0.3 is 14.4 Å². The Bertz CT molecular complexity index is 916. The maximum atomic E-state index is 10.9. The number of aromatic carboxylic acids is 1. The second kappa shape index (κ2) is 6.19. The third-order valence-corrected chi connectivity index (χ3v) is 4.52. The molecule has 1 aliphatic heterocycles. The van der Waals surface area contributed by atoms with Gasteiger partial charge in [-0.1, -0.05) is 11.3 Å². The molecule has 0 aliphatic carbocycles. The van der Waals surface area contributed by atoms with Gasteiger partial charge in [-0.2, -0.15) is 4.98 Å². The molecule has 1 atom stereocenters. The Kier molecular flexibility index (Phi) is 3.87. The number of fused-ring (bicyclic) bond motifs is 1. The smallest absolute Gasteiger partial charge is 0.358 e. The van der Waals surface area contributed by atoms with Crippen LogP contribution in [0.2, 0.25) is 0 Å². The van der Waals surface area contributed by atoms with Crippen molar-refractivity contribution in [3.05, 3.63) is 35.7 Å². The first-order valence-corrected chi connectivity index (χ1v) is 8.34. The molecular formula is C17H19N5O3. The Morgan fingerprint density at radius 3 is 3.12 bits per heavy atom. The van der Waals surface area contributed by atoms with Crippen molar-refractivity contribution in [3.8, 4) is 0 Å². The fraction of sp³-hybridized carbons (Fsp3) is 0.412. The summed E-state index contributed by atoms with van der Waals surface area (Å²) < 4.78 is 7.50. The van der Waals surface area contributed by atoms with Crippen LogP contribution in [0.1, 0.15) is 28.9 Å². The molecule has 0 unspecified atom stereocenters. The quantitative estimate of drug-likeness (QED) is 0.778. The topological polar surface area (TPSA) is 97.3 Å². The SMILES string of the molecule is Cc1ccc2oc(N3CCC[C@H](Cn4cc(C(=O)O)nn4)C3)nc2c1. The van der Waals surface area contributed by atoms with Crippen LogP contribution >= 0.6 is 0 Å². The fourth-order valence-electron chi connectivity index (χ4n) is 3.30. The summed E-state index contributed by atoms with van der Waals surface area (Å²) in [5, 5.41) is 16.5. The maximum absolute atomic E-state index is 10.9. The molecule has 1 aromatic carbocycles. The lowest BCUT2D eigenvalue weighted by molar-refractivity contribution is 0.0690. The summed E-state index contributed by atoms with van der Waals surface area (Å²) in [6.07, 6.45) is 3.56. The molecule has 1 fully saturated rings. The lowest BCUT2D eigenvalue weighted by Gasteiger charge is -2.31. The van der Waals surface area contributed by atoms with E-state index in [-0.39, 0.29) is 5.69 Å². The first-order chi connectivity index (χ1) is 12.1. The lowest BCUT2D eigenvalue weighted by atomic mass is 9.98. The number of aromatic nitrogens is 4. The number of piperidine rings is 1. The van der Waals surface area contributed by atoms with Crippen molar-refractivity contribution in [1.82, 2.24) is 20.0 Å². The van der Waals surface area contributed by atoms with Gasteiger partial charge in [0.05, 0.1) is 6.20 Å². The Labute approximate surface area is 144 Å². The predicted octanol–water partition coefficient (Wildman–Crippen LogP) is 2.34. The summed E-state index contributed by atoms with van der Waals surface area (Å²) in [7, 11) is 0. The van der Waals surface area contributed by atoms with Gasteiger partial charge in [-0.05, 0) is 43.4 Å². The molecular weight excluding hydrogens is 322 g/mol. The van der Waals surface area contributed by atoms with Crippen LogP contribution in [0.25, 0.3) is 11.1 Å². The molecule has 0 amide bonds. The van der Waals surface area contributed by atoms with Crippen molar-refractivity contribution in [2.24, 2.45) is 5.92 Å². The van der Waals surface area contributed by atoms with Gasteiger partial charge in [0.1, 0.15) is 5.52 Å². The average Bonchev–Trinajstić information content (AvgIpc) is 3.21. The van der Waals surface area contributed by atoms with E-state index in [1.807, 2.05) is 25.1 Å². The Hall–Kier alpha value is -2.90. The van der Waals surface area contributed by atoms with E-state index >= 15 is 0 Å². The van der Waals surface area contributed by atoms with E-state index in [1.165, 1.54) is 6.20 Å². The van der Waals surface area contributed by atoms with Crippen LogP contribution in [0, 0.1) is 12.8 Å². The molecule has 0 spiro atoms. The summed E-state index contributed by atoms with van der Waals surface area (Å²) >= 11 is 0. The van der Waals surface area contributed by atoms with Gasteiger partial charge in [-0.15, -0.1) is 5.10 Å². The second-order valence-corrected chi connectivity index (χ2v) is 6.55. The van der Waals surface area contributed by atoms with E-state index in [0.29, 0.717) is 18.5 Å². The van der Waals surface area contributed by atoms with Crippen molar-refractivity contribution in [2.45, 2.75) is 26.3 Å². The van der Waals surface area contributed by atoms with Crippen LogP contribution in [0.3, 0.4) is 0 Å². The van der Waals surface area contributed by atoms with Crippen molar-refractivity contribution in [2.75, 3.05) is 18.0 Å². The molecule has 1 aliphatic rings. The summed E-state index contributed by atoms with van der Waals surface area (Å²) in [6.45, 7) is 4.37.